The van der Waals surface area contributed by atoms with Gasteiger partial charge in [-0.2, -0.15) is 5.10 Å². The number of anilines is 1. The van der Waals surface area contributed by atoms with Gasteiger partial charge in [-0.15, -0.1) is 0 Å². The second-order valence-electron chi connectivity index (χ2n) is 16.1. The van der Waals surface area contributed by atoms with Crippen LogP contribution in [0.5, 0.6) is 17.2 Å². The molecule has 2 heterocycles. The fraction of sp³-hybridized carbons (Fsp3) is 0.357. The Kier molecular flexibility index (Phi) is 12.5. The van der Waals surface area contributed by atoms with Crippen LogP contribution in [-0.2, 0) is 25.1 Å². The second kappa shape index (κ2) is 16.6. The van der Waals surface area contributed by atoms with Crippen molar-refractivity contribution in [2.75, 3.05) is 12.4 Å². The van der Waals surface area contributed by atoms with E-state index in [1.165, 1.54) is 0 Å². The monoisotopic (exact) mass is 803 g/mol. The normalized spacial score (nSPS) is 12.0. The molecule has 2 N–H and O–H groups in total. The number of hydrogen-bond donors (Lipinski definition) is 2. The van der Waals surface area contributed by atoms with E-state index in [1.807, 2.05) is 67.6 Å². The molecule has 0 saturated carbocycles. The zero-order chi connectivity index (χ0) is 40.3. The van der Waals surface area contributed by atoms with Gasteiger partial charge in [0.25, 0.3) is 5.56 Å². The number of ether oxygens (including phenoxy) is 2. The van der Waals surface area contributed by atoms with Gasteiger partial charge in [-0.3, -0.25) is 10.1 Å². The van der Waals surface area contributed by atoms with Crippen molar-refractivity contribution in [1.82, 2.24) is 19.7 Å². The molecule has 0 radical (unpaired) electrons. The van der Waals surface area contributed by atoms with Crippen LogP contribution in [0.15, 0.2) is 83.7 Å². The highest BCUT2D eigenvalue weighted by molar-refractivity contribution is 6.74. The summed E-state index contributed by atoms with van der Waals surface area (Å²) in [6.45, 7) is 19.8. The van der Waals surface area contributed by atoms with Crippen LogP contribution in [0.2, 0.25) is 28.2 Å². The minimum atomic E-state index is -2.08. The number of nitrogens with one attached hydrogen (secondary N) is 2. The average Bonchev–Trinajstić information content (AvgIpc) is 3.55. The van der Waals surface area contributed by atoms with E-state index >= 15 is 0 Å². The predicted octanol–water partition coefficient (Wildman–Crippen LogP) is 10.3. The lowest BCUT2D eigenvalue weighted by atomic mass is 9.92. The van der Waals surface area contributed by atoms with Crippen molar-refractivity contribution in [3.05, 3.63) is 127 Å². The predicted molar refractivity (Wildman–Crippen MR) is 224 cm³/mol. The molecule has 2 aromatic heterocycles. The number of nitrogens with zero attached hydrogens (tertiary/aromatic N) is 3. The van der Waals surface area contributed by atoms with Gasteiger partial charge in [0.2, 0.25) is 8.32 Å². The molecule has 10 nitrogen and oxygen atoms in total. The van der Waals surface area contributed by atoms with E-state index in [2.05, 4.69) is 65.3 Å². The minimum absolute atomic E-state index is 0.0233. The largest absolute Gasteiger partial charge is 0.543 e. The van der Waals surface area contributed by atoms with Crippen molar-refractivity contribution in [1.29, 1.82) is 0 Å². The Morgan fingerprint density at radius 2 is 1.60 bits per heavy atom. The Balaban J connectivity index is 1.29. The van der Waals surface area contributed by atoms with Gasteiger partial charge in [0.05, 0.1) is 30.1 Å². The number of rotatable bonds is 12. The maximum absolute atomic E-state index is 13.4. The maximum atomic E-state index is 13.4. The number of halogens is 2. The first-order chi connectivity index (χ1) is 25.8. The quantitative estimate of drug-likeness (QED) is 0.122. The molecule has 0 saturated heterocycles. The number of hydrogen-bond acceptors (Lipinski definition) is 6. The van der Waals surface area contributed by atoms with Gasteiger partial charge in [-0.25, -0.2) is 9.48 Å². The molecule has 13 heteroatoms. The number of pyridine rings is 1. The number of aryl methyl sites for hydroxylation is 1. The highest BCUT2D eigenvalue weighted by Crippen LogP contribution is 2.38. The summed E-state index contributed by atoms with van der Waals surface area (Å²) in [4.78, 5) is 26.8. The maximum Gasteiger partial charge on any atom is 0.320 e. The van der Waals surface area contributed by atoms with Gasteiger partial charge in [-0.05, 0) is 66.0 Å². The van der Waals surface area contributed by atoms with Crippen LogP contribution in [0.1, 0.15) is 69.6 Å². The molecule has 3 aromatic carbocycles. The highest BCUT2D eigenvalue weighted by atomic mass is 35.5. The summed E-state index contributed by atoms with van der Waals surface area (Å²) < 4.78 is 21.3. The van der Waals surface area contributed by atoms with Gasteiger partial charge in [0.15, 0.2) is 0 Å². The van der Waals surface area contributed by atoms with Crippen LogP contribution in [0.3, 0.4) is 0 Å². The summed E-state index contributed by atoms with van der Waals surface area (Å²) in [6, 6.07) is 24.0. The number of benzene rings is 3. The van der Waals surface area contributed by atoms with Crippen molar-refractivity contribution < 1.29 is 18.7 Å². The number of methoxy groups -OCH3 is 1. The molecule has 0 bridgehead atoms. The van der Waals surface area contributed by atoms with Crippen LogP contribution < -0.4 is 30.1 Å². The highest BCUT2D eigenvalue weighted by Gasteiger charge is 2.39. The van der Waals surface area contributed by atoms with Gasteiger partial charge >= 0.3 is 6.03 Å². The molecule has 2 amide bonds. The van der Waals surface area contributed by atoms with Crippen molar-refractivity contribution in [2.24, 2.45) is 0 Å². The third kappa shape index (κ3) is 9.94. The zero-order valence-electron chi connectivity index (χ0n) is 33.3. The molecule has 5 rings (SSSR count). The number of carbonyl (C=O) groups excluding carboxylic acids is 1. The third-order valence-corrected chi connectivity index (χ3v) is 14.9. The molecule has 55 heavy (non-hydrogen) atoms. The molecule has 0 unspecified atom stereocenters. The Morgan fingerprint density at radius 3 is 2.27 bits per heavy atom. The molecule has 0 aliphatic heterocycles. The van der Waals surface area contributed by atoms with Gasteiger partial charge in [-0.1, -0.05) is 101 Å². The lowest BCUT2D eigenvalue weighted by Crippen LogP contribution is -2.43. The van der Waals surface area contributed by atoms with Crippen LogP contribution in [0, 0.1) is 6.92 Å². The summed E-state index contributed by atoms with van der Waals surface area (Å²) in [5.74, 6) is 2.09. The van der Waals surface area contributed by atoms with Gasteiger partial charge in [0.1, 0.15) is 34.7 Å². The summed E-state index contributed by atoms with van der Waals surface area (Å²) in [5.41, 5.74) is 4.15. The summed E-state index contributed by atoms with van der Waals surface area (Å²) in [7, 11) is -0.539. The van der Waals surface area contributed by atoms with Gasteiger partial charge < -0.3 is 23.8 Å². The third-order valence-electron chi connectivity index (χ3n) is 9.87. The molecule has 0 fully saturated rings. The second-order valence-corrected chi connectivity index (χ2v) is 21.6. The summed E-state index contributed by atoms with van der Waals surface area (Å²) in [6.07, 6.45) is 0. The smallest absolute Gasteiger partial charge is 0.320 e. The summed E-state index contributed by atoms with van der Waals surface area (Å²) in [5, 5.41) is 11.4. The first kappa shape index (κ1) is 41.5. The average molecular weight is 805 g/mol. The molecule has 292 valence electrons. The van der Waals surface area contributed by atoms with Crippen LogP contribution in [-0.4, -0.2) is 35.8 Å². The number of urea groups is 1. The lowest BCUT2D eigenvalue weighted by Gasteiger charge is -2.36. The van der Waals surface area contributed by atoms with E-state index in [0.29, 0.717) is 22.3 Å². The van der Waals surface area contributed by atoms with Crippen molar-refractivity contribution in [3.63, 3.8) is 0 Å². The van der Waals surface area contributed by atoms with E-state index < -0.39 is 14.3 Å². The van der Waals surface area contributed by atoms with Crippen LogP contribution >= 0.6 is 23.2 Å². The Bertz CT molecular complexity index is 2240. The standard InChI is InChI=1S/C42H51Cl2N5O5Si/c1-27-20-35(38(44)39(50)48(27)25-28-18-19-33(43)34(21-28)52-8)53-26-30-15-12-11-14-29(30)24-45-40(51)46-37-23-36(41(2,3)4)47-49(37)31-16-13-17-32(22-31)54-55(9,10)42(5,6)7/h11-23H,24-26H2,1-10H3,(H2,45,46,51). The van der Waals surface area contributed by atoms with E-state index in [0.717, 1.165) is 33.8 Å². The molecule has 0 spiro atoms. The van der Waals surface area contributed by atoms with Crippen LogP contribution in [0.4, 0.5) is 10.6 Å². The van der Waals surface area contributed by atoms with Crippen molar-refractivity contribution in [3.8, 4) is 22.9 Å². The van der Waals surface area contributed by atoms with Crippen LogP contribution in [0.25, 0.3) is 5.69 Å². The Morgan fingerprint density at radius 1 is 0.891 bits per heavy atom. The molecule has 5 aromatic rings. The first-order valence-electron chi connectivity index (χ1n) is 18.1. The Hall–Kier alpha value is -4.71. The van der Waals surface area contributed by atoms with E-state index in [9.17, 15) is 9.59 Å². The summed E-state index contributed by atoms with van der Waals surface area (Å²) >= 11 is 12.7. The molecular formula is C42H51Cl2N5O5Si. The van der Waals surface area contributed by atoms with E-state index in [-0.39, 0.29) is 46.5 Å². The molecule has 0 aliphatic carbocycles. The van der Waals surface area contributed by atoms with E-state index in [1.54, 1.807) is 34.6 Å². The number of amides is 2. The number of carbonyl (C=O) groups is 1. The lowest BCUT2D eigenvalue weighted by molar-refractivity contribution is 0.251. The van der Waals surface area contributed by atoms with E-state index in [4.69, 9.17) is 42.2 Å². The zero-order valence-corrected chi connectivity index (χ0v) is 35.8. The fourth-order valence-corrected chi connectivity index (χ4v) is 6.95. The van der Waals surface area contributed by atoms with Crippen molar-refractivity contribution in [2.45, 2.75) is 91.7 Å². The van der Waals surface area contributed by atoms with Crippen molar-refractivity contribution >= 4 is 43.4 Å². The first-order valence-corrected chi connectivity index (χ1v) is 21.8. The van der Waals surface area contributed by atoms with Gasteiger partial charge in [0, 0.05) is 35.9 Å². The SMILES string of the molecule is COc1cc(Cn2c(C)cc(OCc3ccccc3CNC(=O)Nc3cc(C(C)(C)C)nn3-c3cccc(O[Si](C)(C)C(C)(C)C)c3)c(Cl)c2=O)ccc1Cl. The fourth-order valence-electron chi connectivity index (χ4n) is 5.52. The molecular weight excluding hydrogens is 753 g/mol. The Labute approximate surface area is 334 Å². The number of aromatic nitrogens is 3. The topological polar surface area (TPSA) is 109 Å². The minimum Gasteiger partial charge on any atom is -0.543 e. The molecule has 0 aliphatic rings. The molecule has 0 atom stereocenters.